The Morgan fingerprint density at radius 3 is 2.58 bits per heavy atom. The zero-order valence-corrected chi connectivity index (χ0v) is 18.3. The third-order valence-electron chi connectivity index (χ3n) is 5.00. The van der Waals surface area contributed by atoms with E-state index in [0.29, 0.717) is 31.3 Å². The second-order valence-corrected chi connectivity index (χ2v) is 7.31. The lowest BCUT2D eigenvalue weighted by Crippen LogP contribution is -2.36. The molecule has 0 fully saturated rings. The van der Waals surface area contributed by atoms with Crippen molar-refractivity contribution in [1.82, 2.24) is 25.4 Å². The Hall–Kier alpha value is -4.20. The summed E-state index contributed by atoms with van der Waals surface area (Å²) in [6.07, 6.45) is 6.89. The number of guanidine groups is 1. The summed E-state index contributed by atoms with van der Waals surface area (Å²) in [5.41, 5.74) is 3.10. The molecule has 4 aromatic rings. The molecular weight excluding hydrogens is 419 g/mol. The summed E-state index contributed by atoms with van der Waals surface area (Å²) in [5.74, 6) is 0.830. The van der Waals surface area contributed by atoms with E-state index < -0.39 is 5.82 Å². The molecule has 0 atom stereocenters. The zero-order chi connectivity index (χ0) is 22.9. The van der Waals surface area contributed by atoms with Gasteiger partial charge in [-0.2, -0.15) is 5.10 Å². The van der Waals surface area contributed by atoms with Crippen molar-refractivity contribution >= 4 is 5.96 Å². The molecule has 0 aliphatic carbocycles. The largest absolute Gasteiger partial charge is 0.453 e. The number of pyridine rings is 1. The average Bonchev–Trinajstić information content (AvgIpc) is 3.35. The summed E-state index contributed by atoms with van der Waals surface area (Å²) >= 11 is 0. The van der Waals surface area contributed by atoms with E-state index in [1.165, 1.54) is 17.8 Å². The van der Waals surface area contributed by atoms with E-state index in [9.17, 15) is 4.39 Å². The molecule has 0 radical (unpaired) electrons. The number of nitrogens with zero attached hydrogens (tertiary/aromatic N) is 4. The number of halogens is 1. The predicted molar refractivity (Wildman–Crippen MR) is 126 cm³/mol. The lowest BCUT2D eigenvalue weighted by Gasteiger charge is -2.15. The van der Waals surface area contributed by atoms with Crippen molar-refractivity contribution in [2.45, 2.75) is 19.6 Å². The van der Waals surface area contributed by atoms with Crippen molar-refractivity contribution in [3.8, 4) is 11.5 Å². The molecule has 0 aliphatic heterocycles. The van der Waals surface area contributed by atoms with Crippen LogP contribution in [0.25, 0.3) is 0 Å². The molecule has 0 saturated heterocycles. The van der Waals surface area contributed by atoms with Crippen molar-refractivity contribution in [1.29, 1.82) is 0 Å². The molecule has 168 valence electrons. The molecule has 0 saturated carbocycles. The Labute approximate surface area is 192 Å². The van der Waals surface area contributed by atoms with E-state index in [0.717, 1.165) is 11.1 Å². The highest BCUT2D eigenvalue weighted by Gasteiger charge is 2.08. The Kier molecular flexibility index (Phi) is 7.27. The van der Waals surface area contributed by atoms with E-state index in [-0.39, 0.29) is 5.75 Å². The molecule has 0 unspecified atom stereocenters. The SMILES string of the molecule is CN=C(NCc1ccc(Oc2cccnc2)c(F)c1)NCc1ccccc1Cn1cccn1. The Morgan fingerprint density at radius 1 is 1.00 bits per heavy atom. The summed E-state index contributed by atoms with van der Waals surface area (Å²) in [4.78, 5) is 8.24. The van der Waals surface area contributed by atoms with E-state index in [1.54, 1.807) is 37.6 Å². The topological polar surface area (TPSA) is 76.4 Å². The molecule has 2 N–H and O–H groups in total. The van der Waals surface area contributed by atoms with Crippen LogP contribution in [0.3, 0.4) is 0 Å². The molecular formula is C25H25FN6O. The summed E-state index contributed by atoms with van der Waals surface area (Å²) in [6.45, 7) is 1.71. The van der Waals surface area contributed by atoms with Gasteiger partial charge in [0.2, 0.25) is 0 Å². The Balaban J connectivity index is 1.33. The maximum Gasteiger partial charge on any atom is 0.191 e. The molecule has 0 aliphatic rings. The van der Waals surface area contributed by atoms with Gasteiger partial charge < -0.3 is 15.4 Å². The fourth-order valence-electron chi connectivity index (χ4n) is 3.31. The predicted octanol–water partition coefficient (Wildman–Crippen LogP) is 4.12. The third kappa shape index (κ3) is 6.16. The van der Waals surface area contributed by atoms with Crippen LogP contribution in [0.1, 0.15) is 16.7 Å². The van der Waals surface area contributed by atoms with Crippen LogP contribution < -0.4 is 15.4 Å². The Bertz CT molecular complexity index is 1190. The molecule has 8 heteroatoms. The van der Waals surface area contributed by atoms with Crippen molar-refractivity contribution in [3.05, 3.63) is 108 Å². The van der Waals surface area contributed by atoms with E-state index in [2.05, 4.69) is 37.8 Å². The summed E-state index contributed by atoms with van der Waals surface area (Å²) in [6, 6.07) is 18.4. The van der Waals surface area contributed by atoms with Gasteiger partial charge in [-0.1, -0.05) is 30.3 Å². The first kappa shape index (κ1) is 22.0. The first-order valence-electron chi connectivity index (χ1n) is 10.6. The maximum absolute atomic E-state index is 14.5. The van der Waals surface area contributed by atoms with Crippen LogP contribution in [-0.2, 0) is 19.6 Å². The number of hydrogen-bond donors (Lipinski definition) is 2. The lowest BCUT2D eigenvalue weighted by molar-refractivity contribution is 0.440. The van der Waals surface area contributed by atoms with Crippen molar-refractivity contribution in [3.63, 3.8) is 0 Å². The molecule has 7 nitrogen and oxygen atoms in total. The number of aromatic nitrogens is 3. The number of rotatable bonds is 8. The zero-order valence-electron chi connectivity index (χ0n) is 18.3. The smallest absolute Gasteiger partial charge is 0.191 e. The summed E-state index contributed by atoms with van der Waals surface area (Å²) in [7, 11) is 1.70. The van der Waals surface area contributed by atoms with Gasteiger partial charge in [0.15, 0.2) is 17.5 Å². The molecule has 2 heterocycles. The molecule has 33 heavy (non-hydrogen) atoms. The van der Waals surface area contributed by atoms with Crippen LogP contribution in [0.15, 0.2) is 90.4 Å². The standard InChI is InChI=1S/C25H25FN6O/c1-27-25(30-16-20-6-2-3-7-21(20)18-32-13-5-12-31-32)29-15-19-9-10-24(23(26)14-19)33-22-8-4-11-28-17-22/h2-14,17H,15-16,18H2,1H3,(H2,27,29,30). The van der Waals surface area contributed by atoms with Gasteiger partial charge in [0, 0.05) is 38.7 Å². The van der Waals surface area contributed by atoms with Gasteiger partial charge in [-0.05, 0) is 47.0 Å². The fraction of sp³-hybridized carbons (Fsp3) is 0.160. The molecule has 2 aromatic heterocycles. The molecule has 0 bridgehead atoms. The highest BCUT2D eigenvalue weighted by molar-refractivity contribution is 5.79. The number of aliphatic imine (C=N–C) groups is 1. The van der Waals surface area contributed by atoms with Crippen LogP contribution in [0.2, 0.25) is 0 Å². The lowest BCUT2D eigenvalue weighted by atomic mass is 10.1. The van der Waals surface area contributed by atoms with E-state index >= 15 is 0 Å². The quantitative estimate of drug-likeness (QED) is 0.316. The van der Waals surface area contributed by atoms with Crippen molar-refractivity contribution in [2.24, 2.45) is 4.99 Å². The van der Waals surface area contributed by atoms with Crippen LogP contribution in [0, 0.1) is 5.82 Å². The number of nitrogens with one attached hydrogen (secondary N) is 2. The van der Waals surface area contributed by atoms with Crippen LogP contribution >= 0.6 is 0 Å². The minimum Gasteiger partial charge on any atom is -0.453 e. The molecule has 4 rings (SSSR count). The van der Waals surface area contributed by atoms with Crippen LogP contribution in [0.5, 0.6) is 11.5 Å². The summed E-state index contributed by atoms with van der Waals surface area (Å²) < 4.78 is 21.9. The highest BCUT2D eigenvalue weighted by Crippen LogP contribution is 2.24. The second kappa shape index (κ2) is 10.9. The third-order valence-corrected chi connectivity index (χ3v) is 5.00. The van der Waals surface area contributed by atoms with Crippen LogP contribution in [-0.4, -0.2) is 27.8 Å². The van der Waals surface area contributed by atoms with Gasteiger partial charge in [-0.3, -0.25) is 14.7 Å². The monoisotopic (exact) mass is 444 g/mol. The van der Waals surface area contributed by atoms with Gasteiger partial charge in [0.25, 0.3) is 0 Å². The van der Waals surface area contributed by atoms with Gasteiger partial charge in [-0.25, -0.2) is 4.39 Å². The molecule has 2 aromatic carbocycles. The minimum atomic E-state index is -0.436. The van der Waals surface area contributed by atoms with Crippen molar-refractivity contribution < 1.29 is 9.13 Å². The summed E-state index contributed by atoms with van der Waals surface area (Å²) in [5, 5.41) is 10.8. The minimum absolute atomic E-state index is 0.156. The van der Waals surface area contributed by atoms with Gasteiger partial charge in [0.05, 0.1) is 12.7 Å². The number of hydrogen-bond acceptors (Lipinski definition) is 4. The normalized spacial score (nSPS) is 11.3. The first-order chi connectivity index (χ1) is 16.2. The average molecular weight is 445 g/mol. The van der Waals surface area contributed by atoms with E-state index in [4.69, 9.17) is 4.74 Å². The molecule has 0 amide bonds. The van der Waals surface area contributed by atoms with Gasteiger partial charge >= 0.3 is 0 Å². The van der Waals surface area contributed by atoms with Gasteiger partial charge in [0.1, 0.15) is 5.75 Å². The Morgan fingerprint density at radius 2 is 1.85 bits per heavy atom. The fourth-order valence-corrected chi connectivity index (χ4v) is 3.31. The van der Waals surface area contributed by atoms with Crippen LogP contribution in [0.4, 0.5) is 4.39 Å². The number of ether oxygens (including phenoxy) is 1. The molecule has 0 spiro atoms. The van der Waals surface area contributed by atoms with Crippen molar-refractivity contribution in [2.75, 3.05) is 7.05 Å². The van der Waals surface area contributed by atoms with Gasteiger partial charge in [-0.15, -0.1) is 0 Å². The maximum atomic E-state index is 14.5. The first-order valence-corrected chi connectivity index (χ1v) is 10.6. The highest BCUT2D eigenvalue weighted by atomic mass is 19.1. The van der Waals surface area contributed by atoms with E-state index in [1.807, 2.05) is 35.1 Å². The number of benzene rings is 2. The second-order valence-electron chi connectivity index (χ2n) is 7.31.